The molecular weight excluding hydrogens is 330 g/mol. The number of rotatable bonds is 3. The largest absolute Gasteiger partial charge is 0.493 e. The van der Waals surface area contributed by atoms with E-state index in [9.17, 15) is 9.90 Å². The van der Waals surface area contributed by atoms with Gasteiger partial charge >= 0.3 is 6.03 Å². The van der Waals surface area contributed by atoms with Gasteiger partial charge in [-0.25, -0.2) is 10.2 Å². The maximum absolute atomic E-state index is 11.8. The lowest BCUT2D eigenvalue weighted by Gasteiger charge is -2.04. The van der Waals surface area contributed by atoms with Crippen molar-refractivity contribution < 1.29 is 9.90 Å². The lowest BCUT2D eigenvalue weighted by Crippen LogP contribution is -2.23. The first-order valence-corrected chi connectivity index (χ1v) is 7.44. The molecule has 0 atom stereocenters. The molecule has 0 aliphatic carbocycles. The third-order valence-electron chi connectivity index (χ3n) is 3.47. The van der Waals surface area contributed by atoms with Crippen LogP contribution in [0.4, 0.5) is 16.2 Å². The van der Waals surface area contributed by atoms with Crippen molar-refractivity contribution in [1.82, 2.24) is 9.99 Å². The molecular formula is C16H14ClN5O2. The van der Waals surface area contributed by atoms with Gasteiger partial charge in [0.05, 0.1) is 16.2 Å². The number of carbonyl (C=O) groups is 1. The summed E-state index contributed by atoms with van der Waals surface area (Å²) in [7, 11) is 1.72. The molecule has 3 N–H and O–H groups in total. The van der Waals surface area contributed by atoms with Crippen molar-refractivity contribution in [2.45, 2.75) is 0 Å². The second-order valence-electron chi connectivity index (χ2n) is 4.99. The number of aryl methyl sites for hydroxylation is 1. The second kappa shape index (κ2) is 6.59. The van der Waals surface area contributed by atoms with Crippen molar-refractivity contribution in [3.63, 3.8) is 0 Å². The molecule has 0 saturated heterocycles. The molecule has 2 aromatic carbocycles. The van der Waals surface area contributed by atoms with Crippen molar-refractivity contribution >= 4 is 39.9 Å². The maximum Gasteiger partial charge on any atom is 0.341 e. The fourth-order valence-electron chi connectivity index (χ4n) is 2.29. The molecule has 122 valence electrons. The summed E-state index contributed by atoms with van der Waals surface area (Å²) in [5.41, 5.74) is 3.79. The summed E-state index contributed by atoms with van der Waals surface area (Å²) < 4.78 is 1.59. The van der Waals surface area contributed by atoms with Crippen LogP contribution in [0.3, 0.4) is 0 Å². The van der Waals surface area contributed by atoms with Gasteiger partial charge in [-0.05, 0) is 18.2 Å². The molecule has 2 amide bonds. The number of amides is 2. The number of aromatic nitrogens is 1. The van der Waals surface area contributed by atoms with Gasteiger partial charge in [-0.3, -0.25) is 0 Å². The molecule has 1 heterocycles. The number of aromatic hydroxyl groups is 1. The lowest BCUT2D eigenvalue weighted by molar-refractivity contribution is 0.252. The summed E-state index contributed by atoms with van der Waals surface area (Å²) in [5, 5.41) is 21.4. The molecule has 0 aliphatic heterocycles. The monoisotopic (exact) mass is 343 g/mol. The van der Waals surface area contributed by atoms with E-state index in [-0.39, 0.29) is 11.6 Å². The van der Waals surface area contributed by atoms with Gasteiger partial charge in [0.1, 0.15) is 0 Å². The number of nitrogens with one attached hydrogen (secondary N) is 2. The van der Waals surface area contributed by atoms with Crippen LogP contribution in [0.1, 0.15) is 0 Å². The molecule has 3 aromatic rings. The number of halogens is 1. The molecule has 24 heavy (non-hydrogen) atoms. The third kappa shape index (κ3) is 3.02. The van der Waals surface area contributed by atoms with E-state index in [1.54, 1.807) is 35.9 Å². The number of carbonyl (C=O) groups excluding carboxylic acids is 1. The standard InChI is InChI=1S/C16H14ClN5O2/c1-22-13-9-5-2-6-10(13)14(15(22)23)19-21-20-16(24)18-12-8-4-3-7-11(12)17/h2-9,23H,1H3,(H2,18,19,20,24). The summed E-state index contributed by atoms with van der Waals surface area (Å²) in [6, 6.07) is 13.6. The molecule has 7 nitrogen and oxygen atoms in total. The van der Waals surface area contributed by atoms with E-state index in [1.807, 2.05) is 24.3 Å². The van der Waals surface area contributed by atoms with Gasteiger partial charge in [0.2, 0.25) is 5.88 Å². The maximum atomic E-state index is 11.8. The Morgan fingerprint density at radius 2 is 1.88 bits per heavy atom. The minimum absolute atomic E-state index is 0.0340. The average Bonchev–Trinajstić information content (AvgIpc) is 2.82. The fourth-order valence-corrected chi connectivity index (χ4v) is 2.47. The first-order chi connectivity index (χ1) is 11.6. The number of fused-ring (bicyclic) bond motifs is 1. The fraction of sp³-hybridized carbons (Fsp3) is 0.0625. The SMILES string of the molecule is Cn1c(O)c(N=NNC(=O)Nc2ccccc2Cl)c2ccccc21. The van der Waals surface area contributed by atoms with Crippen LogP contribution in [0.2, 0.25) is 5.02 Å². The van der Waals surface area contributed by atoms with Crippen molar-refractivity contribution in [3.05, 3.63) is 53.6 Å². The first kappa shape index (κ1) is 15.8. The second-order valence-corrected chi connectivity index (χ2v) is 5.40. The van der Waals surface area contributed by atoms with Crippen LogP contribution in [0.5, 0.6) is 5.88 Å². The predicted octanol–water partition coefficient (Wildman–Crippen LogP) is 4.36. The highest BCUT2D eigenvalue weighted by atomic mass is 35.5. The Balaban J connectivity index is 1.74. The van der Waals surface area contributed by atoms with Crippen molar-refractivity contribution in [2.75, 3.05) is 5.32 Å². The minimum atomic E-state index is -0.591. The quantitative estimate of drug-likeness (QED) is 0.487. The first-order valence-electron chi connectivity index (χ1n) is 7.06. The highest BCUT2D eigenvalue weighted by Gasteiger charge is 2.13. The Bertz CT molecular complexity index is 935. The zero-order valence-corrected chi connectivity index (χ0v) is 13.4. The molecule has 0 aliphatic rings. The van der Waals surface area contributed by atoms with E-state index in [4.69, 9.17) is 11.6 Å². The number of nitrogens with zero attached hydrogens (tertiary/aromatic N) is 3. The Morgan fingerprint density at radius 1 is 1.17 bits per heavy atom. The molecule has 0 bridgehead atoms. The molecule has 0 spiro atoms. The number of urea groups is 1. The number of para-hydroxylation sites is 2. The molecule has 0 radical (unpaired) electrons. The van der Waals surface area contributed by atoms with E-state index < -0.39 is 6.03 Å². The highest BCUT2D eigenvalue weighted by Crippen LogP contribution is 2.37. The van der Waals surface area contributed by atoms with Gasteiger partial charge in [0.25, 0.3) is 0 Å². The summed E-state index contributed by atoms with van der Waals surface area (Å²) in [6.07, 6.45) is 0. The van der Waals surface area contributed by atoms with Crippen LogP contribution in [0.15, 0.2) is 58.9 Å². The molecule has 0 saturated carbocycles. The number of hydrogen-bond donors (Lipinski definition) is 3. The summed E-state index contributed by atoms with van der Waals surface area (Å²) in [5.74, 6) is -0.0340. The van der Waals surface area contributed by atoms with Crippen molar-refractivity contribution in [1.29, 1.82) is 0 Å². The topological polar surface area (TPSA) is 91.0 Å². The van der Waals surface area contributed by atoms with Crippen LogP contribution < -0.4 is 10.7 Å². The van der Waals surface area contributed by atoms with Gasteiger partial charge in [-0.15, -0.1) is 5.11 Å². The Morgan fingerprint density at radius 3 is 2.67 bits per heavy atom. The van der Waals surface area contributed by atoms with Gasteiger partial charge in [-0.1, -0.05) is 47.2 Å². The summed E-state index contributed by atoms with van der Waals surface area (Å²) in [4.78, 5) is 11.8. The van der Waals surface area contributed by atoms with Crippen molar-refractivity contribution in [3.8, 4) is 5.88 Å². The zero-order valence-electron chi connectivity index (χ0n) is 12.7. The predicted molar refractivity (Wildman–Crippen MR) is 92.7 cm³/mol. The summed E-state index contributed by atoms with van der Waals surface area (Å²) in [6.45, 7) is 0. The minimum Gasteiger partial charge on any atom is -0.493 e. The molecule has 0 unspecified atom stereocenters. The molecule has 3 rings (SSSR count). The Kier molecular flexibility index (Phi) is 4.35. The van der Waals surface area contributed by atoms with E-state index in [0.717, 1.165) is 10.9 Å². The van der Waals surface area contributed by atoms with Crippen LogP contribution in [-0.4, -0.2) is 15.7 Å². The van der Waals surface area contributed by atoms with Crippen LogP contribution in [0.25, 0.3) is 10.9 Å². The third-order valence-corrected chi connectivity index (χ3v) is 3.80. The van der Waals surface area contributed by atoms with E-state index in [1.165, 1.54) is 0 Å². The van der Waals surface area contributed by atoms with Crippen LogP contribution >= 0.6 is 11.6 Å². The van der Waals surface area contributed by atoms with Gasteiger partial charge < -0.3 is 15.0 Å². The smallest absolute Gasteiger partial charge is 0.341 e. The normalized spacial score (nSPS) is 11.1. The van der Waals surface area contributed by atoms with Crippen molar-refractivity contribution in [2.24, 2.45) is 17.4 Å². The van der Waals surface area contributed by atoms with E-state index >= 15 is 0 Å². The van der Waals surface area contributed by atoms with E-state index in [2.05, 4.69) is 21.1 Å². The average molecular weight is 344 g/mol. The zero-order chi connectivity index (χ0) is 17.1. The molecule has 1 aromatic heterocycles. The molecule has 0 fully saturated rings. The van der Waals surface area contributed by atoms with Gasteiger partial charge in [0, 0.05) is 12.4 Å². The van der Waals surface area contributed by atoms with Gasteiger partial charge in [0.15, 0.2) is 5.69 Å². The Hall–Kier alpha value is -3.06. The summed E-state index contributed by atoms with van der Waals surface area (Å²) >= 11 is 5.95. The van der Waals surface area contributed by atoms with Crippen LogP contribution in [-0.2, 0) is 7.05 Å². The number of hydrogen-bond acceptors (Lipinski definition) is 4. The molecule has 8 heteroatoms. The Labute approximate surface area is 142 Å². The van der Waals surface area contributed by atoms with Crippen LogP contribution in [0, 0.1) is 0 Å². The van der Waals surface area contributed by atoms with E-state index in [0.29, 0.717) is 10.7 Å². The van der Waals surface area contributed by atoms with Gasteiger partial charge in [-0.2, -0.15) is 0 Å². The number of benzene rings is 2. The lowest BCUT2D eigenvalue weighted by atomic mass is 10.2. The number of anilines is 1. The highest BCUT2D eigenvalue weighted by molar-refractivity contribution is 6.33.